The highest BCUT2D eigenvalue weighted by molar-refractivity contribution is 5.13. The monoisotopic (exact) mass is 211 g/mol. The summed E-state index contributed by atoms with van der Waals surface area (Å²) in [5.74, 6) is 0. The minimum Gasteiger partial charge on any atom is -0.374 e. The second-order valence-electron chi connectivity index (χ2n) is 5.29. The smallest absolute Gasteiger partial charge is 0.0665 e. The van der Waals surface area contributed by atoms with Crippen LogP contribution < -0.4 is 5.32 Å². The summed E-state index contributed by atoms with van der Waals surface area (Å²) in [5, 5.41) is 3.35. The molecule has 2 heteroatoms. The molecule has 0 saturated heterocycles. The third-order valence-corrected chi connectivity index (χ3v) is 2.81. The summed E-state index contributed by atoms with van der Waals surface area (Å²) in [6, 6.07) is 0.407. The van der Waals surface area contributed by atoms with Gasteiger partial charge in [-0.2, -0.15) is 0 Å². The van der Waals surface area contributed by atoms with Gasteiger partial charge in [-0.05, 0) is 53.5 Å². The van der Waals surface area contributed by atoms with Crippen molar-refractivity contribution in [1.29, 1.82) is 0 Å². The minimum absolute atomic E-state index is 0.0374. The molecule has 1 aliphatic carbocycles. The highest BCUT2D eigenvalue weighted by Gasteiger charge is 2.18. The lowest BCUT2D eigenvalue weighted by Crippen LogP contribution is -2.36. The predicted molar refractivity (Wildman–Crippen MR) is 65.1 cm³/mol. The first kappa shape index (κ1) is 12.7. The van der Waals surface area contributed by atoms with Crippen molar-refractivity contribution >= 4 is 0 Å². The molecule has 0 aromatic carbocycles. The van der Waals surface area contributed by atoms with Crippen LogP contribution >= 0.6 is 0 Å². The molecule has 0 spiro atoms. The van der Waals surface area contributed by atoms with Gasteiger partial charge < -0.3 is 10.1 Å². The molecule has 1 unspecified atom stereocenters. The first-order valence-corrected chi connectivity index (χ1v) is 6.03. The summed E-state index contributed by atoms with van der Waals surface area (Å²) in [6.45, 7) is 7.10. The predicted octanol–water partition coefficient (Wildman–Crippen LogP) is 2.89. The normalized spacial score (nSPS) is 19.9. The highest BCUT2D eigenvalue weighted by atomic mass is 16.5. The number of likely N-dealkylation sites (N-methyl/N-ethyl adjacent to an activating group) is 1. The van der Waals surface area contributed by atoms with E-state index in [1.165, 1.54) is 31.3 Å². The Kier molecular flexibility index (Phi) is 4.81. The zero-order valence-electron chi connectivity index (χ0n) is 10.6. The maximum absolute atomic E-state index is 5.83. The van der Waals surface area contributed by atoms with Gasteiger partial charge in [-0.15, -0.1) is 0 Å². The molecule has 0 aliphatic heterocycles. The molecule has 0 bridgehead atoms. The van der Waals surface area contributed by atoms with Crippen LogP contribution in [0.4, 0.5) is 0 Å². The lowest BCUT2D eigenvalue weighted by molar-refractivity contribution is -0.00980. The van der Waals surface area contributed by atoms with E-state index in [1.807, 2.05) is 7.05 Å². The molecule has 0 saturated carbocycles. The van der Waals surface area contributed by atoms with Crippen molar-refractivity contribution in [1.82, 2.24) is 5.32 Å². The van der Waals surface area contributed by atoms with E-state index >= 15 is 0 Å². The van der Waals surface area contributed by atoms with E-state index in [0.29, 0.717) is 6.04 Å². The molecule has 0 heterocycles. The van der Waals surface area contributed by atoms with Crippen LogP contribution in [-0.4, -0.2) is 25.3 Å². The van der Waals surface area contributed by atoms with Crippen LogP contribution in [-0.2, 0) is 4.74 Å². The number of allylic oxidation sites excluding steroid dienone is 1. The maximum atomic E-state index is 5.83. The Morgan fingerprint density at radius 2 is 2.13 bits per heavy atom. The van der Waals surface area contributed by atoms with E-state index in [2.05, 4.69) is 32.2 Å². The molecule has 0 aromatic heterocycles. The van der Waals surface area contributed by atoms with E-state index in [9.17, 15) is 0 Å². The van der Waals surface area contributed by atoms with Crippen molar-refractivity contribution < 1.29 is 4.74 Å². The molecule has 0 aromatic rings. The van der Waals surface area contributed by atoms with Gasteiger partial charge in [0.05, 0.1) is 18.2 Å². The minimum atomic E-state index is -0.0374. The second kappa shape index (κ2) is 5.66. The second-order valence-corrected chi connectivity index (χ2v) is 5.29. The van der Waals surface area contributed by atoms with Crippen molar-refractivity contribution in [2.75, 3.05) is 13.7 Å². The van der Waals surface area contributed by atoms with Crippen molar-refractivity contribution in [3.63, 3.8) is 0 Å². The lowest BCUT2D eigenvalue weighted by Gasteiger charge is -2.27. The van der Waals surface area contributed by atoms with Crippen LogP contribution in [0, 0.1) is 0 Å². The molecule has 0 radical (unpaired) electrons. The average Bonchev–Trinajstić information content (AvgIpc) is 2.19. The molecule has 1 rings (SSSR count). The van der Waals surface area contributed by atoms with E-state index in [-0.39, 0.29) is 5.60 Å². The van der Waals surface area contributed by atoms with Gasteiger partial charge in [-0.25, -0.2) is 0 Å². The fourth-order valence-electron chi connectivity index (χ4n) is 1.89. The fraction of sp³-hybridized carbons (Fsp3) is 0.846. The Labute approximate surface area is 94.1 Å². The molecule has 1 N–H and O–H groups in total. The van der Waals surface area contributed by atoms with Gasteiger partial charge in [0.25, 0.3) is 0 Å². The zero-order valence-corrected chi connectivity index (χ0v) is 10.6. The first-order valence-electron chi connectivity index (χ1n) is 6.03. The van der Waals surface area contributed by atoms with E-state index in [0.717, 1.165) is 6.61 Å². The summed E-state index contributed by atoms with van der Waals surface area (Å²) in [4.78, 5) is 0. The number of rotatable bonds is 4. The van der Waals surface area contributed by atoms with Crippen LogP contribution in [0.2, 0.25) is 0 Å². The lowest BCUT2D eigenvalue weighted by atomic mass is 9.94. The Hall–Kier alpha value is -0.340. The van der Waals surface area contributed by atoms with Crippen LogP contribution in [0.5, 0.6) is 0 Å². The number of ether oxygens (including phenoxy) is 1. The molecule has 1 aliphatic rings. The zero-order chi connectivity index (χ0) is 11.3. The van der Waals surface area contributed by atoms with Gasteiger partial charge in [0, 0.05) is 0 Å². The van der Waals surface area contributed by atoms with Gasteiger partial charge in [0.15, 0.2) is 0 Å². The molecule has 0 amide bonds. The Bertz CT molecular complexity index is 215. The van der Waals surface area contributed by atoms with Gasteiger partial charge in [-0.3, -0.25) is 0 Å². The Balaban J connectivity index is 2.44. The molecule has 2 nitrogen and oxygen atoms in total. The number of hydrogen-bond acceptors (Lipinski definition) is 2. The fourth-order valence-corrected chi connectivity index (χ4v) is 1.89. The molecular formula is C13H25NO. The highest BCUT2D eigenvalue weighted by Crippen LogP contribution is 2.21. The van der Waals surface area contributed by atoms with Crippen LogP contribution in [0.25, 0.3) is 0 Å². The largest absolute Gasteiger partial charge is 0.374 e. The summed E-state index contributed by atoms with van der Waals surface area (Å²) < 4.78 is 5.83. The standard InChI is InChI=1S/C13H25NO/c1-13(2,3)15-10-12(14-4)11-8-6-5-7-9-11/h8,12,14H,5-7,9-10H2,1-4H3. The van der Waals surface area contributed by atoms with Crippen molar-refractivity contribution in [3.05, 3.63) is 11.6 Å². The average molecular weight is 211 g/mol. The van der Waals surface area contributed by atoms with Gasteiger partial charge in [0.1, 0.15) is 0 Å². The van der Waals surface area contributed by atoms with Crippen LogP contribution in [0.1, 0.15) is 46.5 Å². The maximum Gasteiger partial charge on any atom is 0.0665 e. The quantitative estimate of drug-likeness (QED) is 0.722. The molecule has 88 valence electrons. The van der Waals surface area contributed by atoms with Crippen molar-refractivity contribution in [2.45, 2.75) is 58.1 Å². The summed E-state index contributed by atoms with van der Waals surface area (Å²) in [5.41, 5.74) is 1.50. The van der Waals surface area contributed by atoms with Gasteiger partial charge >= 0.3 is 0 Å². The van der Waals surface area contributed by atoms with E-state index in [1.54, 1.807) is 0 Å². The van der Waals surface area contributed by atoms with Gasteiger partial charge in [0.2, 0.25) is 0 Å². The van der Waals surface area contributed by atoms with Crippen molar-refractivity contribution in [3.8, 4) is 0 Å². The third kappa shape index (κ3) is 4.80. The molecular weight excluding hydrogens is 186 g/mol. The molecule has 15 heavy (non-hydrogen) atoms. The number of hydrogen-bond donors (Lipinski definition) is 1. The third-order valence-electron chi connectivity index (χ3n) is 2.81. The SMILES string of the molecule is CNC(COC(C)(C)C)C1=CCCCC1. The van der Waals surface area contributed by atoms with E-state index in [4.69, 9.17) is 4.74 Å². The van der Waals surface area contributed by atoms with Crippen molar-refractivity contribution in [2.24, 2.45) is 0 Å². The number of nitrogens with one attached hydrogen (secondary N) is 1. The summed E-state index contributed by atoms with van der Waals surface area (Å²) >= 11 is 0. The first-order chi connectivity index (χ1) is 7.03. The molecule has 1 atom stereocenters. The van der Waals surface area contributed by atoms with Crippen LogP contribution in [0.3, 0.4) is 0 Å². The van der Waals surface area contributed by atoms with Crippen LogP contribution in [0.15, 0.2) is 11.6 Å². The topological polar surface area (TPSA) is 21.3 Å². The summed E-state index contributed by atoms with van der Waals surface area (Å²) in [6.07, 6.45) is 7.54. The Morgan fingerprint density at radius 3 is 2.60 bits per heavy atom. The van der Waals surface area contributed by atoms with Gasteiger partial charge in [-0.1, -0.05) is 11.6 Å². The summed E-state index contributed by atoms with van der Waals surface area (Å²) in [7, 11) is 2.02. The Morgan fingerprint density at radius 1 is 1.40 bits per heavy atom. The molecule has 0 fully saturated rings. The van der Waals surface area contributed by atoms with E-state index < -0.39 is 0 Å².